The van der Waals surface area contributed by atoms with Crippen molar-refractivity contribution >= 4 is 5.91 Å². The van der Waals surface area contributed by atoms with Crippen molar-refractivity contribution in [3.05, 3.63) is 17.5 Å². The van der Waals surface area contributed by atoms with E-state index in [-0.39, 0.29) is 5.91 Å². The Kier molecular flexibility index (Phi) is 3.14. The SMILES string of the molecule is Cc1[nH]ncc1CNC(=O)C1(C#N)CCCC1. The van der Waals surface area contributed by atoms with Gasteiger partial charge in [0.05, 0.1) is 12.3 Å². The Morgan fingerprint density at radius 1 is 1.65 bits per heavy atom. The normalized spacial score (nSPS) is 17.6. The number of aromatic nitrogens is 2. The molecule has 2 rings (SSSR count). The lowest BCUT2D eigenvalue weighted by Gasteiger charge is -2.18. The first-order chi connectivity index (χ1) is 8.18. The van der Waals surface area contributed by atoms with Gasteiger partial charge >= 0.3 is 0 Å². The quantitative estimate of drug-likeness (QED) is 0.826. The van der Waals surface area contributed by atoms with Gasteiger partial charge in [-0.2, -0.15) is 10.4 Å². The smallest absolute Gasteiger partial charge is 0.240 e. The van der Waals surface area contributed by atoms with Crippen molar-refractivity contribution in [1.82, 2.24) is 15.5 Å². The Hall–Kier alpha value is -1.83. The number of rotatable bonds is 3. The molecule has 0 unspecified atom stereocenters. The lowest BCUT2D eigenvalue weighted by molar-refractivity contribution is -0.128. The maximum Gasteiger partial charge on any atom is 0.240 e. The minimum Gasteiger partial charge on any atom is -0.351 e. The van der Waals surface area contributed by atoms with Gasteiger partial charge in [-0.15, -0.1) is 0 Å². The van der Waals surface area contributed by atoms with Gasteiger partial charge in [0.2, 0.25) is 5.91 Å². The Labute approximate surface area is 100 Å². The number of aromatic amines is 1. The lowest BCUT2D eigenvalue weighted by atomic mass is 9.87. The highest BCUT2D eigenvalue weighted by atomic mass is 16.2. The number of carbonyl (C=O) groups excluding carboxylic acids is 1. The summed E-state index contributed by atoms with van der Waals surface area (Å²) in [6, 6.07) is 2.19. The van der Waals surface area contributed by atoms with Gasteiger partial charge in [-0.1, -0.05) is 12.8 Å². The topological polar surface area (TPSA) is 81.6 Å². The van der Waals surface area contributed by atoms with E-state index in [1.807, 2.05) is 6.92 Å². The minimum absolute atomic E-state index is 0.141. The second-order valence-corrected chi connectivity index (χ2v) is 4.60. The van der Waals surface area contributed by atoms with Gasteiger partial charge in [0.1, 0.15) is 5.41 Å². The summed E-state index contributed by atoms with van der Waals surface area (Å²) >= 11 is 0. The Morgan fingerprint density at radius 2 is 2.35 bits per heavy atom. The third-order valence-electron chi connectivity index (χ3n) is 3.48. The summed E-state index contributed by atoms with van der Waals surface area (Å²) in [5.74, 6) is -0.141. The molecule has 1 aliphatic rings. The Balaban J connectivity index is 1.98. The zero-order valence-electron chi connectivity index (χ0n) is 9.92. The fraction of sp³-hybridized carbons (Fsp3) is 0.583. The number of nitrogens with one attached hydrogen (secondary N) is 2. The molecule has 1 fully saturated rings. The summed E-state index contributed by atoms with van der Waals surface area (Å²) in [6.07, 6.45) is 4.99. The van der Waals surface area contributed by atoms with E-state index in [1.165, 1.54) is 0 Å². The number of amides is 1. The summed E-state index contributed by atoms with van der Waals surface area (Å²) in [6.45, 7) is 2.34. The molecule has 1 saturated carbocycles. The molecule has 0 aliphatic heterocycles. The van der Waals surface area contributed by atoms with E-state index in [2.05, 4.69) is 21.6 Å². The maximum atomic E-state index is 12.0. The van der Waals surface area contributed by atoms with Crippen LogP contribution in [0, 0.1) is 23.7 Å². The highest BCUT2D eigenvalue weighted by Crippen LogP contribution is 2.37. The molecule has 1 amide bonds. The molecule has 2 N–H and O–H groups in total. The number of H-pyrrole nitrogens is 1. The molecule has 5 nitrogen and oxygen atoms in total. The van der Waals surface area contributed by atoms with E-state index in [0.29, 0.717) is 19.4 Å². The van der Waals surface area contributed by atoms with Gasteiger partial charge in [-0.05, 0) is 19.8 Å². The van der Waals surface area contributed by atoms with Gasteiger partial charge in [-0.25, -0.2) is 0 Å². The zero-order valence-corrected chi connectivity index (χ0v) is 9.92. The molecule has 5 heteroatoms. The highest BCUT2D eigenvalue weighted by molar-refractivity contribution is 5.85. The molecule has 0 atom stereocenters. The molecule has 0 aromatic carbocycles. The zero-order chi connectivity index (χ0) is 12.3. The molecule has 90 valence electrons. The number of aryl methyl sites for hydroxylation is 1. The second-order valence-electron chi connectivity index (χ2n) is 4.60. The predicted octanol–water partition coefficient (Wildman–Crippen LogP) is 1.42. The van der Waals surface area contributed by atoms with Crippen molar-refractivity contribution in [2.45, 2.75) is 39.2 Å². The van der Waals surface area contributed by atoms with Gasteiger partial charge in [0.25, 0.3) is 0 Å². The molecule has 1 aliphatic carbocycles. The van der Waals surface area contributed by atoms with Crippen molar-refractivity contribution in [2.75, 3.05) is 0 Å². The predicted molar refractivity (Wildman–Crippen MR) is 61.7 cm³/mol. The molecule has 1 aromatic rings. The standard InChI is InChI=1S/C12H16N4O/c1-9-10(7-15-16-9)6-14-11(17)12(8-13)4-2-3-5-12/h7H,2-6H2,1H3,(H,14,17)(H,15,16). The average molecular weight is 232 g/mol. The third-order valence-corrected chi connectivity index (χ3v) is 3.48. The van der Waals surface area contributed by atoms with Crippen LogP contribution in [0.1, 0.15) is 36.9 Å². The summed E-state index contributed by atoms with van der Waals surface area (Å²) in [4.78, 5) is 12.0. The first-order valence-electron chi connectivity index (χ1n) is 5.86. The van der Waals surface area contributed by atoms with Crippen LogP contribution in [0.3, 0.4) is 0 Å². The monoisotopic (exact) mass is 232 g/mol. The fourth-order valence-corrected chi connectivity index (χ4v) is 2.27. The van der Waals surface area contributed by atoms with Crippen molar-refractivity contribution in [1.29, 1.82) is 5.26 Å². The molecule has 1 aromatic heterocycles. The average Bonchev–Trinajstić information content (AvgIpc) is 2.95. The first-order valence-corrected chi connectivity index (χ1v) is 5.86. The van der Waals surface area contributed by atoms with Crippen LogP contribution in [-0.4, -0.2) is 16.1 Å². The van der Waals surface area contributed by atoms with Gasteiger partial charge in [0.15, 0.2) is 0 Å². The van der Waals surface area contributed by atoms with Crippen LogP contribution in [-0.2, 0) is 11.3 Å². The van der Waals surface area contributed by atoms with Crippen molar-refractivity contribution in [3.8, 4) is 6.07 Å². The molecular weight excluding hydrogens is 216 g/mol. The van der Waals surface area contributed by atoms with Gasteiger partial charge in [0, 0.05) is 17.8 Å². The van der Waals surface area contributed by atoms with Crippen LogP contribution >= 0.6 is 0 Å². The molecule has 17 heavy (non-hydrogen) atoms. The minimum atomic E-state index is -0.794. The Bertz CT molecular complexity index is 451. The number of nitrogens with zero attached hydrogens (tertiary/aromatic N) is 2. The largest absolute Gasteiger partial charge is 0.351 e. The summed E-state index contributed by atoms with van der Waals surface area (Å²) in [5.41, 5.74) is 1.12. The second kappa shape index (κ2) is 4.58. The molecule has 1 heterocycles. The molecular formula is C12H16N4O. The number of hydrogen-bond donors (Lipinski definition) is 2. The number of hydrogen-bond acceptors (Lipinski definition) is 3. The first kappa shape index (κ1) is 11.6. The molecule has 0 bridgehead atoms. The number of carbonyl (C=O) groups is 1. The van der Waals surface area contributed by atoms with Crippen LogP contribution in [0.2, 0.25) is 0 Å². The van der Waals surface area contributed by atoms with E-state index >= 15 is 0 Å². The van der Waals surface area contributed by atoms with E-state index in [4.69, 9.17) is 5.26 Å². The van der Waals surface area contributed by atoms with Crippen LogP contribution < -0.4 is 5.32 Å². The summed E-state index contributed by atoms with van der Waals surface area (Å²) in [7, 11) is 0. The molecule has 0 spiro atoms. The van der Waals surface area contributed by atoms with Crippen LogP contribution in [0.15, 0.2) is 6.20 Å². The third kappa shape index (κ3) is 2.16. The van der Waals surface area contributed by atoms with E-state index in [0.717, 1.165) is 24.1 Å². The summed E-state index contributed by atoms with van der Waals surface area (Å²) < 4.78 is 0. The number of nitriles is 1. The fourth-order valence-electron chi connectivity index (χ4n) is 2.27. The van der Waals surface area contributed by atoms with Gasteiger partial charge in [-0.3, -0.25) is 9.89 Å². The summed E-state index contributed by atoms with van der Waals surface area (Å²) in [5, 5.41) is 18.7. The van der Waals surface area contributed by atoms with E-state index in [9.17, 15) is 4.79 Å². The Morgan fingerprint density at radius 3 is 2.88 bits per heavy atom. The molecule has 0 saturated heterocycles. The van der Waals surface area contributed by atoms with Crippen molar-refractivity contribution in [3.63, 3.8) is 0 Å². The maximum absolute atomic E-state index is 12.0. The van der Waals surface area contributed by atoms with Crippen LogP contribution in [0.4, 0.5) is 0 Å². The van der Waals surface area contributed by atoms with Crippen molar-refractivity contribution < 1.29 is 4.79 Å². The van der Waals surface area contributed by atoms with Crippen LogP contribution in [0.5, 0.6) is 0 Å². The van der Waals surface area contributed by atoms with Gasteiger partial charge < -0.3 is 5.32 Å². The highest BCUT2D eigenvalue weighted by Gasteiger charge is 2.41. The van der Waals surface area contributed by atoms with Crippen LogP contribution in [0.25, 0.3) is 0 Å². The molecule has 0 radical (unpaired) electrons. The van der Waals surface area contributed by atoms with Crippen molar-refractivity contribution in [2.24, 2.45) is 5.41 Å². The van der Waals surface area contributed by atoms with E-state index < -0.39 is 5.41 Å². The lowest BCUT2D eigenvalue weighted by Crippen LogP contribution is -2.37. The van der Waals surface area contributed by atoms with E-state index in [1.54, 1.807) is 6.20 Å².